The molecular weight excluding hydrogens is 210 g/mol. The fraction of sp³-hybridized carbons (Fsp3) is 0.714. The summed E-state index contributed by atoms with van der Waals surface area (Å²) >= 11 is 0. The molecule has 1 saturated carbocycles. The number of hydrogen-bond donors (Lipinski definition) is 1. The second-order valence-corrected chi connectivity index (χ2v) is 5.35. The van der Waals surface area contributed by atoms with Gasteiger partial charge in [0, 0.05) is 18.2 Å². The fourth-order valence-corrected chi connectivity index (χ4v) is 2.63. The Bertz CT molecular complexity index is 368. The van der Waals surface area contributed by atoms with E-state index in [-0.39, 0.29) is 0 Å². The average Bonchev–Trinajstić information content (AvgIpc) is 2.29. The highest BCUT2D eigenvalue weighted by Gasteiger charge is 2.22. The summed E-state index contributed by atoms with van der Waals surface area (Å²) in [4.78, 5) is 9.32. The second-order valence-electron chi connectivity index (χ2n) is 5.35. The highest BCUT2D eigenvalue weighted by atomic mass is 14.9. The number of hydrogen-bond acceptors (Lipinski definition) is 3. The molecule has 0 aromatic carbocycles. The van der Waals surface area contributed by atoms with Gasteiger partial charge >= 0.3 is 0 Å². The van der Waals surface area contributed by atoms with E-state index in [2.05, 4.69) is 30.2 Å². The molecule has 0 spiro atoms. The zero-order valence-electron chi connectivity index (χ0n) is 11.2. The van der Waals surface area contributed by atoms with Crippen LogP contribution in [0.4, 0.5) is 0 Å². The maximum atomic E-state index is 4.70. The van der Waals surface area contributed by atoms with E-state index >= 15 is 0 Å². The monoisotopic (exact) mass is 233 g/mol. The number of aryl methyl sites for hydroxylation is 1. The van der Waals surface area contributed by atoms with Crippen molar-refractivity contribution >= 4 is 0 Å². The quantitative estimate of drug-likeness (QED) is 0.872. The van der Waals surface area contributed by atoms with Crippen molar-refractivity contribution in [2.24, 2.45) is 5.92 Å². The summed E-state index contributed by atoms with van der Waals surface area (Å²) in [5.74, 6) is 2.54. The topological polar surface area (TPSA) is 37.8 Å². The molecule has 2 rings (SSSR count). The molecule has 1 heterocycles. The lowest BCUT2D eigenvalue weighted by atomic mass is 9.82. The van der Waals surface area contributed by atoms with Crippen molar-refractivity contribution in [2.75, 3.05) is 7.05 Å². The molecule has 1 aromatic heterocycles. The molecule has 1 aromatic rings. The van der Waals surface area contributed by atoms with E-state index in [1.54, 1.807) is 0 Å². The predicted octanol–water partition coefficient (Wildman–Crippen LogP) is 2.80. The zero-order chi connectivity index (χ0) is 12.3. The molecule has 0 atom stereocenters. The van der Waals surface area contributed by atoms with Crippen molar-refractivity contribution in [3.05, 3.63) is 23.3 Å². The highest BCUT2D eigenvalue weighted by molar-refractivity contribution is 5.12. The average molecular weight is 233 g/mol. The molecule has 1 N–H and O–H groups in total. The number of nitrogens with one attached hydrogen (secondary N) is 1. The van der Waals surface area contributed by atoms with Crippen molar-refractivity contribution in [3.63, 3.8) is 0 Å². The van der Waals surface area contributed by atoms with Gasteiger partial charge in [0.25, 0.3) is 0 Å². The predicted molar refractivity (Wildman–Crippen MR) is 69.9 cm³/mol. The number of nitrogens with zero attached hydrogens (tertiary/aromatic N) is 2. The molecule has 3 heteroatoms. The van der Waals surface area contributed by atoms with Gasteiger partial charge in [0.2, 0.25) is 0 Å². The maximum absolute atomic E-state index is 4.70. The van der Waals surface area contributed by atoms with E-state index in [1.165, 1.54) is 25.7 Å². The Labute approximate surface area is 104 Å². The van der Waals surface area contributed by atoms with Crippen LogP contribution in [0.2, 0.25) is 0 Å². The van der Waals surface area contributed by atoms with Crippen LogP contribution >= 0.6 is 0 Å². The van der Waals surface area contributed by atoms with E-state index < -0.39 is 0 Å². The summed E-state index contributed by atoms with van der Waals surface area (Å²) < 4.78 is 0. The lowest BCUT2D eigenvalue weighted by molar-refractivity contribution is 0.339. The third-order valence-corrected chi connectivity index (χ3v) is 3.66. The normalized spacial score (nSPS) is 24.9. The van der Waals surface area contributed by atoms with Gasteiger partial charge in [-0.15, -0.1) is 0 Å². The minimum atomic E-state index is 0.585. The molecule has 0 saturated heterocycles. The van der Waals surface area contributed by atoms with Crippen molar-refractivity contribution in [1.82, 2.24) is 15.3 Å². The smallest absolute Gasteiger partial charge is 0.131 e. The molecule has 3 nitrogen and oxygen atoms in total. The molecule has 1 aliphatic rings. The Kier molecular flexibility index (Phi) is 4.11. The van der Waals surface area contributed by atoms with Crippen molar-refractivity contribution in [3.8, 4) is 0 Å². The van der Waals surface area contributed by atoms with E-state index in [1.807, 2.05) is 7.05 Å². The number of aromatic nitrogens is 2. The van der Waals surface area contributed by atoms with Gasteiger partial charge in [0.15, 0.2) is 0 Å². The van der Waals surface area contributed by atoms with Gasteiger partial charge in [-0.3, -0.25) is 0 Å². The summed E-state index contributed by atoms with van der Waals surface area (Å²) in [6, 6.07) is 2.07. The van der Waals surface area contributed by atoms with Crippen LogP contribution in [-0.2, 0) is 6.54 Å². The van der Waals surface area contributed by atoms with E-state index in [4.69, 9.17) is 4.98 Å². The van der Waals surface area contributed by atoms with Crippen LogP contribution in [0, 0.1) is 12.8 Å². The third kappa shape index (κ3) is 3.25. The lowest BCUT2D eigenvalue weighted by Crippen LogP contribution is -2.16. The maximum Gasteiger partial charge on any atom is 0.131 e. The highest BCUT2D eigenvalue weighted by Crippen LogP contribution is 2.33. The first-order chi connectivity index (χ1) is 8.19. The van der Waals surface area contributed by atoms with Crippen molar-refractivity contribution < 1.29 is 0 Å². The van der Waals surface area contributed by atoms with E-state index in [0.717, 1.165) is 29.7 Å². The molecule has 17 heavy (non-hydrogen) atoms. The van der Waals surface area contributed by atoms with Gasteiger partial charge in [-0.2, -0.15) is 0 Å². The Morgan fingerprint density at radius 3 is 2.59 bits per heavy atom. The molecule has 0 bridgehead atoms. The third-order valence-electron chi connectivity index (χ3n) is 3.66. The van der Waals surface area contributed by atoms with Crippen LogP contribution in [0.3, 0.4) is 0 Å². The summed E-state index contributed by atoms with van der Waals surface area (Å²) in [5, 5.41) is 3.16. The first-order valence-corrected chi connectivity index (χ1v) is 6.68. The van der Waals surface area contributed by atoms with Crippen LogP contribution in [0.15, 0.2) is 6.07 Å². The molecule has 0 radical (unpaired) electrons. The fourth-order valence-electron chi connectivity index (χ4n) is 2.63. The standard InChI is InChI=1S/C14H23N3/c1-10-4-6-12(7-5-10)14-16-11(2)8-13(17-14)9-15-3/h8,10,12,15H,4-7,9H2,1-3H3. The van der Waals surface area contributed by atoms with Gasteiger partial charge < -0.3 is 5.32 Å². The van der Waals surface area contributed by atoms with Gasteiger partial charge in [0.1, 0.15) is 5.82 Å². The summed E-state index contributed by atoms with van der Waals surface area (Å²) in [7, 11) is 1.96. The van der Waals surface area contributed by atoms with Crippen LogP contribution in [0.25, 0.3) is 0 Å². The minimum Gasteiger partial charge on any atom is -0.314 e. The first kappa shape index (κ1) is 12.5. The lowest BCUT2D eigenvalue weighted by Gasteiger charge is -2.25. The second kappa shape index (κ2) is 5.58. The zero-order valence-corrected chi connectivity index (χ0v) is 11.2. The molecule has 94 valence electrons. The van der Waals surface area contributed by atoms with Crippen molar-refractivity contribution in [1.29, 1.82) is 0 Å². The summed E-state index contributed by atoms with van der Waals surface area (Å²) in [6.07, 6.45) is 5.15. The summed E-state index contributed by atoms with van der Waals surface area (Å²) in [6.45, 7) is 5.25. The molecule has 1 fully saturated rings. The SMILES string of the molecule is CNCc1cc(C)nc(C2CCC(C)CC2)n1. The van der Waals surface area contributed by atoms with Gasteiger partial charge in [-0.25, -0.2) is 9.97 Å². The Morgan fingerprint density at radius 2 is 1.94 bits per heavy atom. The summed E-state index contributed by atoms with van der Waals surface area (Å²) in [5.41, 5.74) is 2.22. The molecule has 1 aliphatic carbocycles. The van der Waals surface area contributed by atoms with Crippen LogP contribution in [0.5, 0.6) is 0 Å². The Hall–Kier alpha value is -0.960. The van der Waals surface area contributed by atoms with E-state index in [9.17, 15) is 0 Å². The molecule has 0 amide bonds. The molecule has 0 unspecified atom stereocenters. The van der Waals surface area contributed by atoms with Crippen LogP contribution in [0.1, 0.15) is 55.7 Å². The Morgan fingerprint density at radius 1 is 1.24 bits per heavy atom. The Balaban J connectivity index is 2.14. The van der Waals surface area contributed by atoms with Gasteiger partial charge in [0.05, 0.1) is 5.69 Å². The largest absolute Gasteiger partial charge is 0.314 e. The van der Waals surface area contributed by atoms with Gasteiger partial charge in [-0.1, -0.05) is 19.8 Å². The van der Waals surface area contributed by atoms with Gasteiger partial charge in [-0.05, 0) is 38.8 Å². The van der Waals surface area contributed by atoms with Crippen LogP contribution < -0.4 is 5.32 Å². The van der Waals surface area contributed by atoms with Crippen molar-refractivity contribution in [2.45, 2.75) is 52.0 Å². The van der Waals surface area contributed by atoms with E-state index in [0.29, 0.717) is 5.92 Å². The molecular formula is C14H23N3. The first-order valence-electron chi connectivity index (χ1n) is 6.68. The van der Waals surface area contributed by atoms with Crippen LogP contribution in [-0.4, -0.2) is 17.0 Å². The number of rotatable bonds is 3. The molecule has 0 aliphatic heterocycles. The minimum absolute atomic E-state index is 0.585.